The first-order chi connectivity index (χ1) is 13.8. The number of likely N-dealkylation sites (N-methyl/N-ethyl adjacent to an activating group) is 1. The number of hydrogen-bond donors (Lipinski definition) is 3. The Morgan fingerprint density at radius 3 is 2.28 bits per heavy atom. The van der Waals surface area contributed by atoms with Gasteiger partial charge < -0.3 is 25.6 Å². The number of halogens is 3. The van der Waals surface area contributed by atoms with E-state index < -0.39 is 17.6 Å². The van der Waals surface area contributed by atoms with Crippen molar-refractivity contribution >= 4 is 11.9 Å². The fourth-order valence-corrected chi connectivity index (χ4v) is 2.45. The van der Waals surface area contributed by atoms with E-state index in [9.17, 15) is 18.0 Å². The Labute approximate surface area is 169 Å². The summed E-state index contributed by atoms with van der Waals surface area (Å²) in [5.41, 5.74) is -0.605. The van der Waals surface area contributed by atoms with Crippen LogP contribution in [0.4, 0.5) is 13.2 Å². The highest BCUT2D eigenvalue weighted by Crippen LogP contribution is 2.28. The normalized spacial score (nSPS) is 12.2. The molecule has 0 aliphatic carbocycles. The minimum atomic E-state index is -4.42. The second-order valence-electron chi connectivity index (χ2n) is 6.41. The van der Waals surface area contributed by atoms with E-state index in [0.717, 1.165) is 50.4 Å². The highest BCUT2D eigenvalue weighted by Gasteiger charge is 2.30. The van der Waals surface area contributed by atoms with Crippen molar-refractivity contribution in [3.63, 3.8) is 0 Å². The highest BCUT2D eigenvalue weighted by atomic mass is 19.4. The molecule has 0 aliphatic heterocycles. The molecule has 1 aromatic carbocycles. The molecule has 0 aromatic heterocycles. The van der Waals surface area contributed by atoms with Gasteiger partial charge in [-0.25, -0.2) is 0 Å². The average Bonchev–Trinajstić information content (AvgIpc) is 2.69. The molecule has 29 heavy (non-hydrogen) atoms. The van der Waals surface area contributed by atoms with Gasteiger partial charge in [-0.2, -0.15) is 13.2 Å². The maximum absolute atomic E-state index is 12.5. The Kier molecular flexibility index (Phi) is 11.1. The molecule has 10 heteroatoms. The van der Waals surface area contributed by atoms with Crippen molar-refractivity contribution < 1.29 is 22.7 Å². The van der Waals surface area contributed by atoms with Crippen LogP contribution in [0.2, 0.25) is 0 Å². The predicted molar refractivity (Wildman–Crippen MR) is 107 cm³/mol. The van der Waals surface area contributed by atoms with Crippen LogP contribution in [0.1, 0.15) is 22.3 Å². The molecule has 0 radical (unpaired) electrons. The SMILES string of the molecule is CN=C(NCCNC(=O)c1ccc(C(F)(F)F)cc1)NCCN(C)CCCOC. The number of benzene rings is 1. The van der Waals surface area contributed by atoms with Crippen LogP contribution in [-0.4, -0.2) is 77.3 Å². The predicted octanol–water partition coefficient (Wildman–Crippen LogP) is 1.57. The van der Waals surface area contributed by atoms with Crippen LogP contribution in [-0.2, 0) is 10.9 Å². The van der Waals surface area contributed by atoms with Crippen molar-refractivity contribution in [2.75, 3.05) is 60.5 Å². The lowest BCUT2D eigenvalue weighted by Gasteiger charge is -2.18. The molecule has 0 atom stereocenters. The summed E-state index contributed by atoms with van der Waals surface area (Å²) in [6, 6.07) is 4.11. The van der Waals surface area contributed by atoms with Crippen molar-refractivity contribution in [2.45, 2.75) is 12.6 Å². The van der Waals surface area contributed by atoms with Crippen LogP contribution < -0.4 is 16.0 Å². The zero-order valence-corrected chi connectivity index (χ0v) is 17.1. The molecule has 1 amide bonds. The van der Waals surface area contributed by atoms with Gasteiger partial charge in [-0.05, 0) is 37.7 Å². The highest BCUT2D eigenvalue weighted by molar-refractivity contribution is 5.94. The standard InChI is InChI=1S/C19H30F3N5O2/c1-23-18(26-11-13-27(2)12-4-14-29-3)25-10-9-24-17(28)15-5-7-16(8-6-15)19(20,21)22/h5-8H,4,9-14H2,1-3H3,(H,24,28)(H2,23,25,26). The van der Waals surface area contributed by atoms with Crippen LogP contribution in [0.15, 0.2) is 29.3 Å². The number of nitrogens with zero attached hydrogens (tertiary/aromatic N) is 2. The number of alkyl halides is 3. The second kappa shape index (κ2) is 13.0. The van der Waals surface area contributed by atoms with Crippen LogP contribution in [0, 0.1) is 0 Å². The van der Waals surface area contributed by atoms with Crippen molar-refractivity contribution in [1.29, 1.82) is 0 Å². The first kappa shape index (κ1) is 24.7. The molecule has 0 saturated heterocycles. The molecule has 0 unspecified atom stereocenters. The molecule has 0 fully saturated rings. The first-order valence-corrected chi connectivity index (χ1v) is 9.35. The lowest BCUT2D eigenvalue weighted by Crippen LogP contribution is -2.43. The Morgan fingerprint density at radius 2 is 1.69 bits per heavy atom. The maximum atomic E-state index is 12.5. The zero-order chi connectivity index (χ0) is 21.7. The lowest BCUT2D eigenvalue weighted by atomic mass is 10.1. The third kappa shape index (κ3) is 10.1. The van der Waals surface area contributed by atoms with Gasteiger partial charge in [-0.15, -0.1) is 0 Å². The van der Waals surface area contributed by atoms with E-state index in [1.807, 2.05) is 7.05 Å². The molecule has 0 heterocycles. The average molecular weight is 417 g/mol. The van der Waals surface area contributed by atoms with E-state index in [1.54, 1.807) is 14.2 Å². The number of carbonyl (C=O) groups is 1. The van der Waals surface area contributed by atoms with E-state index in [2.05, 4.69) is 25.8 Å². The zero-order valence-electron chi connectivity index (χ0n) is 17.1. The Balaban J connectivity index is 2.25. The largest absolute Gasteiger partial charge is 0.416 e. The fourth-order valence-electron chi connectivity index (χ4n) is 2.45. The Bertz CT molecular complexity index is 636. The minimum Gasteiger partial charge on any atom is -0.385 e. The maximum Gasteiger partial charge on any atom is 0.416 e. The number of aliphatic imine (C=N–C) groups is 1. The van der Waals surface area contributed by atoms with Gasteiger partial charge in [-0.3, -0.25) is 9.79 Å². The van der Waals surface area contributed by atoms with E-state index in [-0.39, 0.29) is 5.56 Å². The van der Waals surface area contributed by atoms with Gasteiger partial charge in [0.1, 0.15) is 0 Å². The topological polar surface area (TPSA) is 78.0 Å². The van der Waals surface area contributed by atoms with Gasteiger partial charge in [0.25, 0.3) is 5.91 Å². The van der Waals surface area contributed by atoms with Crippen molar-refractivity contribution in [3.05, 3.63) is 35.4 Å². The molecule has 3 N–H and O–H groups in total. The fraction of sp³-hybridized carbons (Fsp3) is 0.579. The lowest BCUT2D eigenvalue weighted by molar-refractivity contribution is -0.137. The van der Waals surface area contributed by atoms with E-state index in [1.165, 1.54) is 0 Å². The summed E-state index contributed by atoms with van der Waals surface area (Å²) < 4.78 is 42.7. The third-order valence-electron chi connectivity index (χ3n) is 4.08. The molecule has 164 valence electrons. The molecule has 0 bridgehead atoms. The van der Waals surface area contributed by atoms with Crippen molar-refractivity contribution in [2.24, 2.45) is 4.99 Å². The second-order valence-corrected chi connectivity index (χ2v) is 6.41. The molecule has 0 aliphatic rings. The molecule has 0 spiro atoms. The summed E-state index contributed by atoms with van der Waals surface area (Å²) in [7, 11) is 5.37. The summed E-state index contributed by atoms with van der Waals surface area (Å²) in [4.78, 5) is 18.3. The molecule has 7 nitrogen and oxygen atoms in total. The Morgan fingerprint density at radius 1 is 1.07 bits per heavy atom. The Hall–Kier alpha value is -2.33. The molecule has 0 saturated carbocycles. The molecule has 1 aromatic rings. The summed E-state index contributed by atoms with van der Waals surface area (Å²) in [6.45, 7) is 3.96. The summed E-state index contributed by atoms with van der Waals surface area (Å²) >= 11 is 0. The van der Waals surface area contributed by atoms with Gasteiger partial charge >= 0.3 is 6.18 Å². The number of nitrogens with one attached hydrogen (secondary N) is 3. The van der Waals surface area contributed by atoms with Crippen LogP contribution in [0.25, 0.3) is 0 Å². The van der Waals surface area contributed by atoms with Gasteiger partial charge in [0.15, 0.2) is 5.96 Å². The number of methoxy groups -OCH3 is 1. The van der Waals surface area contributed by atoms with Crippen LogP contribution in [0.3, 0.4) is 0 Å². The summed E-state index contributed by atoms with van der Waals surface area (Å²) in [5.74, 6) is 0.181. The van der Waals surface area contributed by atoms with Gasteiger partial charge in [0, 0.05) is 59.1 Å². The van der Waals surface area contributed by atoms with Crippen molar-refractivity contribution in [3.8, 4) is 0 Å². The van der Waals surface area contributed by atoms with Crippen LogP contribution in [0.5, 0.6) is 0 Å². The van der Waals surface area contributed by atoms with Crippen LogP contribution >= 0.6 is 0 Å². The van der Waals surface area contributed by atoms with E-state index in [4.69, 9.17) is 4.74 Å². The third-order valence-corrected chi connectivity index (χ3v) is 4.08. The number of guanidine groups is 1. The molecule has 1 rings (SSSR count). The monoisotopic (exact) mass is 417 g/mol. The number of hydrogen-bond acceptors (Lipinski definition) is 4. The minimum absolute atomic E-state index is 0.178. The molecular formula is C19H30F3N5O2. The van der Waals surface area contributed by atoms with Gasteiger partial charge in [0.05, 0.1) is 5.56 Å². The first-order valence-electron chi connectivity index (χ1n) is 9.35. The smallest absolute Gasteiger partial charge is 0.385 e. The van der Waals surface area contributed by atoms with Crippen molar-refractivity contribution in [1.82, 2.24) is 20.9 Å². The van der Waals surface area contributed by atoms with Gasteiger partial charge in [-0.1, -0.05) is 0 Å². The number of amides is 1. The quantitative estimate of drug-likeness (QED) is 0.289. The number of ether oxygens (including phenoxy) is 1. The summed E-state index contributed by atoms with van der Waals surface area (Å²) in [6.07, 6.45) is -3.45. The van der Waals surface area contributed by atoms with Gasteiger partial charge in [0.2, 0.25) is 0 Å². The van der Waals surface area contributed by atoms with E-state index in [0.29, 0.717) is 25.6 Å². The number of carbonyl (C=O) groups excluding carboxylic acids is 1. The molecular weight excluding hydrogens is 387 g/mol. The van der Waals surface area contributed by atoms with E-state index >= 15 is 0 Å². The summed E-state index contributed by atoms with van der Waals surface area (Å²) in [5, 5.41) is 8.90. The number of rotatable bonds is 11.